The van der Waals surface area contributed by atoms with Crippen LogP contribution in [0.5, 0.6) is 0 Å². The lowest BCUT2D eigenvalue weighted by Crippen LogP contribution is -2.35. The highest BCUT2D eigenvalue weighted by atomic mass is 35.5. The van der Waals surface area contributed by atoms with Gasteiger partial charge in [-0.2, -0.15) is 0 Å². The molecule has 0 unspecified atom stereocenters. The van der Waals surface area contributed by atoms with Gasteiger partial charge in [0.05, 0.1) is 5.02 Å². The quantitative estimate of drug-likeness (QED) is 0.807. The molecule has 106 valence electrons. The molecule has 19 heavy (non-hydrogen) atoms. The van der Waals surface area contributed by atoms with E-state index in [1.807, 2.05) is 18.3 Å². The summed E-state index contributed by atoms with van der Waals surface area (Å²) in [6, 6.07) is 1.98. The summed E-state index contributed by atoms with van der Waals surface area (Å²) in [5.41, 5.74) is 1.18. The lowest BCUT2D eigenvalue weighted by molar-refractivity contribution is 0.424. The van der Waals surface area contributed by atoms with Gasteiger partial charge < -0.3 is 10.2 Å². The molecule has 0 aliphatic heterocycles. The van der Waals surface area contributed by atoms with Crippen LogP contribution < -0.4 is 10.2 Å². The first-order valence-electron chi connectivity index (χ1n) is 6.62. The predicted octanol–water partition coefficient (Wildman–Crippen LogP) is 3.64. The van der Waals surface area contributed by atoms with Gasteiger partial charge in [-0.1, -0.05) is 17.7 Å². The van der Waals surface area contributed by atoms with E-state index in [2.05, 4.69) is 49.5 Å². The molecule has 1 rings (SSSR count). The van der Waals surface area contributed by atoms with Crippen LogP contribution in [-0.4, -0.2) is 23.6 Å². The second-order valence-electron chi connectivity index (χ2n) is 5.58. The number of likely N-dealkylation sites (N-methyl/N-ethyl adjacent to an activating group) is 1. The van der Waals surface area contributed by atoms with Gasteiger partial charge in [0.1, 0.15) is 5.82 Å². The van der Waals surface area contributed by atoms with Crippen LogP contribution in [0, 0.1) is 0 Å². The van der Waals surface area contributed by atoms with Gasteiger partial charge >= 0.3 is 0 Å². The number of pyridine rings is 1. The van der Waals surface area contributed by atoms with Crippen LogP contribution in [0.4, 0.5) is 5.82 Å². The minimum absolute atomic E-state index is 0.0867. The number of aromatic nitrogens is 1. The van der Waals surface area contributed by atoms with Crippen molar-refractivity contribution in [3.05, 3.63) is 35.5 Å². The van der Waals surface area contributed by atoms with E-state index in [0.717, 1.165) is 31.0 Å². The number of anilines is 1. The minimum Gasteiger partial charge on any atom is -0.352 e. The maximum absolute atomic E-state index is 6.32. The van der Waals surface area contributed by atoms with Crippen molar-refractivity contribution in [3.8, 4) is 0 Å². The molecule has 0 fully saturated rings. The summed E-state index contributed by atoms with van der Waals surface area (Å²) in [7, 11) is 0. The molecule has 1 aromatic heterocycles. The highest BCUT2D eigenvalue weighted by Gasteiger charge is 2.12. The zero-order valence-electron chi connectivity index (χ0n) is 12.3. The zero-order valence-corrected chi connectivity index (χ0v) is 13.1. The van der Waals surface area contributed by atoms with Crippen molar-refractivity contribution in [1.29, 1.82) is 0 Å². The van der Waals surface area contributed by atoms with Crippen molar-refractivity contribution in [2.45, 2.75) is 39.8 Å². The first kappa shape index (κ1) is 16.0. The van der Waals surface area contributed by atoms with Gasteiger partial charge in [-0.15, -0.1) is 6.58 Å². The second kappa shape index (κ2) is 6.92. The minimum atomic E-state index is 0.0867. The molecule has 0 atom stereocenters. The topological polar surface area (TPSA) is 28.2 Å². The van der Waals surface area contributed by atoms with Gasteiger partial charge in [0.2, 0.25) is 0 Å². The van der Waals surface area contributed by atoms with Gasteiger partial charge in [0.15, 0.2) is 0 Å². The molecule has 0 bridgehead atoms. The van der Waals surface area contributed by atoms with Crippen LogP contribution >= 0.6 is 11.6 Å². The molecule has 0 spiro atoms. The highest BCUT2D eigenvalue weighted by Crippen LogP contribution is 2.24. The molecule has 1 N–H and O–H groups in total. The molecule has 3 nitrogen and oxygen atoms in total. The van der Waals surface area contributed by atoms with E-state index >= 15 is 0 Å². The average molecular weight is 282 g/mol. The van der Waals surface area contributed by atoms with Crippen LogP contribution in [0.25, 0.3) is 0 Å². The van der Waals surface area contributed by atoms with E-state index in [-0.39, 0.29) is 5.54 Å². The van der Waals surface area contributed by atoms with Gasteiger partial charge in [0, 0.05) is 31.4 Å². The van der Waals surface area contributed by atoms with E-state index in [1.54, 1.807) is 0 Å². The Balaban J connectivity index is 2.81. The summed E-state index contributed by atoms with van der Waals surface area (Å²) in [5.74, 6) is 0.823. The molecule has 0 saturated heterocycles. The van der Waals surface area contributed by atoms with Gasteiger partial charge in [-0.3, -0.25) is 0 Å². The molecule has 0 aromatic carbocycles. The first-order chi connectivity index (χ1) is 8.87. The molecular formula is C15H24ClN3. The molecule has 0 saturated carbocycles. The molecule has 0 aliphatic carbocycles. The zero-order chi connectivity index (χ0) is 14.5. The van der Waals surface area contributed by atoms with Crippen LogP contribution in [0.1, 0.15) is 33.3 Å². The summed E-state index contributed by atoms with van der Waals surface area (Å²) >= 11 is 6.32. The molecule has 0 aliphatic rings. The third kappa shape index (κ3) is 5.21. The van der Waals surface area contributed by atoms with Crippen LogP contribution in [0.15, 0.2) is 24.9 Å². The number of hydrogen-bond acceptors (Lipinski definition) is 3. The Hall–Kier alpha value is -1.06. The standard InChI is InChI=1S/C15H24ClN3/c1-6-8-19(7-2)14-13(16)9-12(10-17-14)11-18-15(3,4)5/h6,9-10,18H,1,7-8,11H2,2-5H3. The van der Waals surface area contributed by atoms with E-state index in [1.165, 1.54) is 0 Å². The van der Waals surface area contributed by atoms with Crippen molar-refractivity contribution in [3.63, 3.8) is 0 Å². The Kier molecular flexibility index (Phi) is 5.83. The molecular weight excluding hydrogens is 258 g/mol. The second-order valence-corrected chi connectivity index (χ2v) is 5.99. The number of nitrogens with one attached hydrogen (secondary N) is 1. The van der Waals surface area contributed by atoms with Crippen LogP contribution in [0.2, 0.25) is 5.02 Å². The fourth-order valence-corrected chi connectivity index (χ4v) is 2.00. The summed E-state index contributed by atoms with van der Waals surface area (Å²) in [5, 5.41) is 4.12. The Bertz CT molecular complexity index is 424. The molecule has 0 radical (unpaired) electrons. The maximum Gasteiger partial charge on any atom is 0.147 e. The van der Waals surface area contributed by atoms with E-state index in [0.29, 0.717) is 5.02 Å². The molecule has 4 heteroatoms. The Labute approximate surface area is 121 Å². The maximum atomic E-state index is 6.32. The largest absolute Gasteiger partial charge is 0.352 e. The van der Waals surface area contributed by atoms with E-state index in [9.17, 15) is 0 Å². The third-order valence-corrected chi connectivity index (χ3v) is 3.01. The predicted molar refractivity (Wildman–Crippen MR) is 83.9 cm³/mol. The summed E-state index contributed by atoms with van der Waals surface area (Å²) < 4.78 is 0. The monoisotopic (exact) mass is 281 g/mol. The number of rotatable bonds is 6. The van der Waals surface area contributed by atoms with Crippen molar-refractivity contribution in [2.75, 3.05) is 18.0 Å². The van der Waals surface area contributed by atoms with Gasteiger partial charge in [-0.25, -0.2) is 4.98 Å². The lowest BCUT2D eigenvalue weighted by Gasteiger charge is -2.23. The van der Waals surface area contributed by atoms with Gasteiger partial charge in [-0.05, 0) is 39.3 Å². The molecule has 1 aromatic rings. The fourth-order valence-electron chi connectivity index (χ4n) is 1.69. The number of hydrogen-bond donors (Lipinski definition) is 1. The normalized spacial score (nSPS) is 11.4. The summed E-state index contributed by atoms with van der Waals surface area (Å²) in [6.07, 6.45) is 3.74. The molecule has 0 amide bonds. The SMILES string of the molecule is C=CCN(CC)c1ncc(CNC(C)(C)C)cc1Cl. The smallest absolute Gasteiger partial charge is 0.147 e. The van der Waals surface area contributed by atoms with Crippen molar-refractivity contribution < 1.29 is 0 Å². The number of nitrogens with zero attached hydrogens (tertiary/aromatic N) is 2. The van der Waals surface area contributed by atoms with Crippen molar-refractivity contribution in [2.24, 2.45) is 0 Å². The van der Waals surface area contributed by atoms with Crippen LogP contribution in [-0.2, 0) is 6.54 Å². The summed E-state index contributed by atoms with van der Waals surface area (Å²) in [4.78, 5) is 6.57. The van der Waals surface area contributed by atoms with Crippen molar-refractivity contribution >= 4 is 17.4 Å². The Morgan fingerprint density at radius 3 is 2.63 bits per heavy atom. The van der Waals surface area contributed by atoms with E-state index < -0.39 is 0 Å². The highest BCUT2D eigenvalue weighted by molar-refractivity contribution is 6.33. The lowest BCUT2D eigenvalue weighted by atomic mass is 10.1. The molecule has 1 heterocycles. The van der Waals surface area contributed by atoms with Gasteiger partial charge in [0.25, 0.3) is 0 Å². The third-order valence-electron chi connectivity index (χ3n) is 2.73. The van der Waals surface area contributed by atoms with E-state index in [4.69, 9.17) is 11.6 Å². The Morgan fingerprint density at radius 2 is 2.16 bits per heavy atom. The number of halogens is 1. The summed E-state index contributed by atoms with van der Waals surface area (Å²) in [6.45, 7) is 14.6. The average Bonchev–Trinajstić information content (AvgIpc) is 2.33. The first-order valence-corrected chi connectivity index (χ1v) is 7.00. The fraction of sp³-hybridized carbons (Fsp3) is 0.533. The van der Waals surface area contributed by atoms with Crippen LogP contribution in [0.3, 0.4) is 0 Å². The van der Waals surface area contributed by atoms with Crippen molar-refractivity contribution in [1.82, 2.24) is 10.3 Å². The Morgan fingerprint density at radius 1 is 1.47 bits per heavy atom.